The van der Waals surface area contributed by atoms with Crippen molar-refractivity contribution in [3.8, 4) is 0 Å². The average Bonchev–Trinajstić information content (AvgIpc) is 2.66. The van der Waals surface area contributed by atoms with E-state index in [0.717, 1.165) is 52.1 Å². The summed E-state index contributed by atoms with van der Waals surface area (Å²) < 4.78 is 5.31. The summed E-state index contributed by atoms with van der Waals surface area (Å²) in [6.45, 7) is 4.81. The molecule has 2 rings (SSSR count). The number of amides is 1. The van der Waals surface area contributed by atoms with Crippen molar-refractivity contribution < 1.29 is 14.6 Å². The molecule has 16 heavy (non-hydrogen) atoms. The van der Waals surface area contributed by atoms with E-state index in [1.165, 1.54) is 0 Å². The van der Waals surface area contributed by atoms with Gasteiger partial charge in [0.15, 0.2) is 0 Å². The standard InChI is InChI=1S/C11H20N2O3/c14-11(15)12-10-2-1-9(7-10)8-13-3-5-16-6-4-13/h9-10,12H,1-8H2,(H,14,15)/t9-,10+/m0/s1. The zero-order valence-corrected chi connectivity index (χ0v) is 9.52. The highest BCUT2D eigenvalue weighted by Gasteiger charge is 2.27. The van der Waals surface area contributed by atoms with E-state index in [4.69, 9.17) is 9.84 Å². The van der Waals surface area contributed by atoms with Crippen molar-refractivity contribution in [3.63, 3.8) is 0 Å². The van der Waals surface area contributed by atoms with Crippen LogP contribution in [0.4, 0.5) is 4.79 Å². The topological polar surface area (TPSA) is 61.8 Å². The van der Waals surface area contributed by atoms with Crippen LogP contribution in [-0.4, -0.2) is 55.0 Å². The Hall–Kier alpha value is -0.810. The van der Waals surface area contributed by atoms with Gasteiger partial charge in [-0.15, -0.1) is 0 Å². The molecule has 0 unspecified atom stereocenters. The molecule has 1 amide bonds. The number of hydrogen-bond acceptors (Lipinski definition) is 3. The second-order valence-corrected chi connectivity index (χ2v) is 4.74. The van der Waals surface area contributed by atoms with Crippen LogP contribution in [0.1, 0.15) is 19.3 Å². The summed E-state index contributed by atoms with van der Waals surface area (Å²) in [7, 11) is 0. The highest BCUT2D eigenvalue weighted by molar-refractivity contribution is 5.64. The van der Waals surface area contributed by atoms with Gasteiger partial charge in [-0.05, 0) is 25.2 Å². The number of nitrogens with one attached hydrogen (secondary N) is 1. The molecular formula is C11H20N2O3. The van der Waals surface area contributed by atoms with Gasteiger partial charge in [0.2, 0.25) is 0 Å². The fraction of sp³-hybridized carbons (Fsp3) is 0.909. The first kappa shape index (κ1) is 11.7. The van der Waals surface area contributed by atoms with E-state index in [0.29, 0.717) is 5.92 Å². The Balaban J connectivity index is 1.69. The van der Waals surface area contributed by atoms with E-state index in [-0.39, 0.29) is 6.04 Å². The van der Waals surface area contributed by atoms with Crippen LogP contribution < -0.4 is 5.32 Å². The predicted molar refractivity (Wildman–Crippen MR) is 59.5 cm³/mol. The maximum Gasteiger partial charge on any atom is 0.404 e. The lowest BCUT2D eigenvalue weighted by Gasteiger charge is -2.29. The van der Waals surface area contributed by atoms with Crippen LogP contribution in [0.5, 0.6) is 0 Å². The summed E-state index contributed by atoms with van der Waals surface area (Å²) >= 11 is 0. The van der Waals surface area contributed by atoms with Crippen molar-refractivity contribution in [2.75, 3.05) is 32.8 Å². The van der Waals surface area contributed by atoms with Crippen LogP contribution in [0, 0.1) is 5.92 Å². The fourth-order valence-electron chi connectivity index (χ4n) is 2.70. The first-order valence-corrected chi connectivity index (χ1v) is 6.03. The summed E-state index contributed by atoms with van der Waals surface area (Å²) in [5, 5.41) is 11.2. The zero-order valence-electron chi connectivity index (χ0n) is 9.52. The van der Waals surface area contributed by atoms with E-state index >= 15 is 0 Å². The summed E-state index contributed by atoms with van der Waals surface area (Å²) in [5.74, 6) is 0.648. The number of carbonyl (C=O) groups is 1. The molecule has 2 aliphatic rings. The molecule has 2 atom stereocenters. The minimum atomic E-state index is -0.892. The van der Waals surface area contributed by atoms with Crippen LogP contribution in [0.2, 0.25) is 0 Å². The Bertz CT molecular complexity index is 241. The first-order chi connectivity index (χ1) is 7.74. The monoisotopic (exact) mass is 228 g/mol. The molecule has 0 aromatic heterocycles. The Morgan fingerprint density at radius 1 is 1.38 bits per heavy atom. The van der Waals surface area contributed by atoms with Gasteiger partial charge in [-0.2, -0.15) is 0 Å². The minimum absolute atomic E-state index is 0.170. The molecule has 1 heterocycles. The van der Waals surface area contributed by atoms with Gasteiger partial charge < -0.3 is 15.2 Å². The van der Waals surface area contributed by atoms with E-state index in [2.05, 4.69) is 10.2 Å². The predicted octanol–water partition coefficient (Wildman–Crippen LogP) is 0.755. The Labute approximate surface area is 95.8 Å². The summed E-state index contributed by atoms with van der Waals surface area (Å²) in [5.41, 5.74) is 0. The van der Waals surface area contributed by atoms with Gasteiger partial charge >= 0.3 is 6.09 Å². The number of rotatable bonds is 3. The largest absolute Gasteiger partial charge is 0.465 e. The van der Waals surface area contributed by atoms with Crippen LogP contribution in [0.25, 0.3) is 0 Å². The van der Waals surface area contributed by atoms with Crippen molar-refractivity contribution in [2.24, 2.45) is 5.92 Å². The third-order valence-electron chi connectivity index (χ3n) is 3.49. The third kappa shape index (κ3) is 3.35. The maximum absolute atomic E-state index is 10.5. The van der Waals surface area contributed by atoms with Gasteiger partial charge in [0.05, 0.1) is 13.2 Å². The Kier molecular flexibility index (Phi) is 4.01. The second-order valence-electron chi connectivity index (χ2n) is 4.74. The number of hydrogen-bond donors (Lipinski definition) is 2. The molecule has 92 valence electrons. The maximum atomic E-state index is 10.5. The summed E-state index contributed by atoms with van der Waals surface area (Å²) in [6.07, 6.45) is 2.23. The van der Waals surface area contributed by atoms with Gasteiger partial charge in [-0.1, -0.05) is 0 Å². The van der Waals surface area contributed by atoms with E-state index in [9.17, 15) is 4.79 Å². The van der Waals surface area contributed by atoms with Crippen molar-refractivity contribution in [3.05, 3.63) is 0 Å². The van der Waals surface area contributed by atoms with Crippen LogP contribution in [0.15, 0.2) is 0 Å². The summed E-state index contributed by atoms with van der Waals surface area (Å²) in [6, 6.07) is 0.170. The fourth-order valence-corrected chi connectivity index (χ4v) is 2.70. The SMILES string of the molecule is O=C(O)N[C@@H]1CC[C@H](CN2CCOCC2)C1. The Morgan fingerprint density at radius 3 is 2.81 bits per heavy atom. The summed E-state index contributed by atoms with van der Waals surface area (Å²) in [4.78, 5) is 12.9. The first-order valence-electron chi connectivity index (χ1n) is 6.03. The molecule has 0 radical (unpaired) electrons. The molecule has 1 aliphatic heterocycles. The van der Waals surface area contributed by atoms with Crippen LogP contribution in [0.3, 0.4) is 0 Å². The quantitative estimate of drug-likeness (QED) is 0.748. The van der Waals surface area contributed by atoms with Crippen molar-refractivity contribution in [2.45, 2.75) is 25.3 Å². The molecule has 5 heteroatoms. The third-order valence-corrected chi connectivity index (χ3v) is 3.49. The molecule has 2 N–H and O–H groups in total. The molecule has 2 fully saturated rings. The molecule has 0 bridgehead atoms. The highest BCUT2D eigenvalue weighted by atomic mass is 16.5. The highest BCUT2D eigenvalue weighted by Crippen LogP contribution is 2.26. The van der Waals surface area contributed by atoms with Gasteiger partial charge in [0, 0.05) is 25.7 Å². The second kappa shape index (κ2) is 5.50. The van der Waals surface area contributed by atoms with Gasteiger partial charge in [-0.25, -0.2) is 4.79 Å². The zero-order chi connectivity index (χ0) is 11.4. The molecule has 0 spiro atoms. The molecule has 0 aromatic carbocycles. The molecule has 0 aromatic rings. The molecular weight excluding hydrogens is 208 g/mol. The van der Waals surface area contributed by atoms with Crippen LogP contribution in [-0.2, 0) is 4.74 Å². The number of morpholine rings is 1. The van der Waals surface area contributed by atoms with Gasteiger partial charge in [0.25, 0.3) is 0 Å². The van der Waals surface area contributed by atoms with E-state index in [1.807, 2.05) is 0 Å². The van der Waals surface area contributed by atoms with E-state index < -0.39 is 6.09 Å². The normalized spacial score (nSPS) is 31.5. The lowest BCUT2D eigenvalue weighted by Crippen LogP contribution is -2.39. The molecule has 1 saturated heterocycles. The lowest BCUT2D eigenvalue weighted by atomic mass is 10.1. The van der Waals surface area contributed by atoms with Crippen molar-refractivity contribution >= 4 is 6.09 Å². The minimum Gasteiger partial charge on any atom is -0.465 e. The average molecular weight is 228 g/mol. The smallest absolute Gasteiger partial charge is 0.404 e. The Morgan fingerprint density at radius 2 is 2.12 bits per heavy atom. The lowest BCUT2D eigenvalue weighted by molar-refractivity contribution is 0.0309. The van der Waals surface area contributed by atoms with Crippen molar-refractivity contribution in [1.29, 1.82) is 0 Å². The number of carboxylic acid groups (broad SMARTS) is 1. The molecule has 1 aliphatic carbocycles. The van der Waals surface area contributed by atoms with Crippen LogP contribution >= 0.6 is 0 Å². The van der Waals surface area contributed by atoms with E-state index in [1.54, 1.807) is 0 Å². The molecule has 1 saturated carbocycles. The number of ether oxygens (including phenoxy) is 1. The number of nitrogens with zero attached hydrogens (tertiary/aromatic N) is 1. The molecule has 5 nitrogen and oxygen atoms in total. The van der Waals surface area contributed by atoms with Gasteiger partial charge in [0.1, 0.15) is 0 Å². The van der Waals surface area contributed by atoms with Gasteiger partial charge in [-0.3, -0.25) is 4.90 Å². The van der Waals surface area contributed by atoms with Crippen molar-refractivity contribution in [1.82, 2.24) is 10.2 Å².